The quantitative estimate of drug-likeness (QED) is 0.558. The standard InChI is InChI=1S/C11H14N2O4/c12-11(17)7-2-1-3-8(4-7)13-6-9(14)5-10(15)16/h1-4,9,13-14H,5-6H2,(H2,12,17)(H,15,16). The summed E-state index contributed by atoms with van der Waals surface area (Å²) in [7, 11) is 0. The number of aliphatic hydroxyl groups is 1. The Labute approximate surface area is 98.1 Å². The average molecular weight is 238 g/mol. The lowest BCUT2D eigenvalue weighted by atomic mass is 10.2. The van der Waals surface area contributed by atoms with E-state index < -0.39 is 18.0 Å². The molecule has 1 aromatic rings. The van der Waals surface area contributed by atoms with Crippen molar-refractivity contribution >= 4 is 17.6 Å². The monoisotopic (exact) mass is 238 g/mol. The van der Waals surface area contributed by atoms with Crippen molar-refractivity contribution in [3.63, 3.8) is 0 Å². The number of carbonyl (C=O) groups excluding carboxylic acids is 1. The van der Waals surface area contributed by atoms with Gasteiger partial charge in [-0.2, -0.15) is 0 Å². The number of aliphatic carboxylic acids is 1. The zero-order valence-corrected chi connectivity index (χ0v) is 9.09. The number of aliphatic hydroxyl groups excluding tert-OH is 1. The Morgan fingerprint density at radius 1 is 1.41 bits per heavy atom. The second kappa shape index (κ2) is 5.86. The molecule has 0 radical (unpaired) electrons. The van der Waals surface area contributed by atoms with E-state index in [9.17, 15) is 14.7 Å². The second-order valence-corrected chi connectivity index (χ2v) is 3.58. The fourth-order valence-corrected chi connectivity index (χ4v) is 1.29. The van der Waals surface area contributed by atoms with Crippen LogP contribution in [0, 0.1) is 0 Å². The number of benzene rings is 1. The van der Waals surface area contributed by atoms with Crippen molar-refractivity contribution in [3.05, 3.63) is 29.8 Å². The number of carbonyl (C=O) groups is 2. The highest BCUT2D eigenvalue weighted by atomic mass is 16.4. The third kappa shape index (κ3) is 4.52. The number of amides is 1. The van der Waals surface area contributed by atoms with E-state index in [1.165, 1.54) is 6.07 Å². The van der Waals surface area contributed by atoms with Crippen LogP contribution in [0.15, 0.2) is 24.3 Å². The van der Waals surface area contributed by atoms with Crippen LogP contribution in [-0.4, -0.2) is 34.7 Å². The largest absolute Gasteiger partial charge is 0.481 e. The number of nitrogens with two attached hydrogens (primary N) is 1. The summed E-state index contributed by atoms with van der Waals surface area (Å²) in [5.74, 6) is -1.61. The van der Waals surface area contributed by atoms with E-state index in [2.05, 4.69) is 5.32 Å². The first kappa shape index (κ1) is 13.0. The van der Waals surface area contributed by atoms with Gasteiger partial charge in [-0.25, -0.2) is 0 Å². The van der Waals surface area contributed by atoms with E-state index in [0.717, 1.165) is 0 Å². The van der Waals surface area contributed by atoms with Crippen molar-refractivity contribution in [2.75, 3.05) is 11.9 Å². The topological polar surface area (TPSA) is 113 Å². The number of nitrogens with one attached hydrogen (secondary N) is 1. The third-order valence-electron chi connectivity index (χ3n) is 2.10. The molecule has 0 aliphatic carbocycles. The van der Waals surface area contributed by atoms with Crippen LogP contribution in [0.25, 0.3) is 0 Å². The normalized spacial score (nSPS) is 11.8. The minimum absolute atomic E-state index is 0.0918. The molecule has 0 saturated carbocycles. The Hall–Kier alpha value is -2.08. The van der Waals surface area contributed by atoms with Gasteiger partial charge in [-0.3, -0.25) is 9.59 Å². The van der Waals surface area contributed by atoms with E-state index >= 15 is 0 Å². The predicted molar refractivity (Wildman–Crippen MR) is 61.7 cm³/mol. The van der Waals surface area contributed by atoms with E-state index in [4.69, 9.17) is 10.8 Å². The van der Waals surface area contributed by atoms with E-state index in [0.29, 0.717) is 11.3 Å². The van der Waals surface area contributed by atoms with Gasteiger partial charge in [0.05, 0.1) is 12.5 Å². The van der Waals surface area contributed by atoms with Gasteiger partial charge in [0.15, 0.2) is 0 Å². The summed E-state index contributed by atoms with van der Waals surface area (Å²) in [6, 6.07) is 6.45. The third-order valence-corrected chi connectivity index (χ3v) is 2.10. The van der Waals surface area contributed by atoms with E-state index in [1.807, 2.05) is 0 Å². The summed E-state index contributed by atoms with van der Waals surface area (Å²) in [5, 5.41) is 20.6. The van der Waals surface area contributed by atoms with Crippen LogP contribution in [0.1, 0.15) is 16.8 Å². The van der Waals surface area contributed by atoms with Gasteiger partial charge < -0.3 is 21.3 Å². The highest BCUT2D eigenvalue weighted by molar-refractivity contribution is 5.93. The fraction of sp³-hybridized carbons (Fsp3) is 0.273. The van der Waals surface area contributed by atoms with Gasteiger partial charge in [0, 0.05) is 17.8 Å². The van der Waals surface area contributed by atoms with Crippen LogP contribution in [0.4, 0.5) is 5.69 Å². The molecule has 6 heteroatoms. The summed E-state index contributed by atoms with van der Waals surface area (Å²) >= 11 is 0. The van der Waals surface area contributed by atoms with Gasteiger partial charge >= 0.3 is 5.97 Å². The molecular formula is C11H14N2O4. The number of hydrogen-bond donors (Lipinski definition) is 4. The molecule has 5 N–H and O–H groups in total. The lowest BCUT2D eigenvalue weighted by Crippen LogP contribution is -2.22. The van der Waals surface area contributed by atoms with Gasteiger partial charge in [-0.05, 0) is 18.2 Å². The predicted octanol–water partition coefficient (Wildman–Crippen LogP) is 0.0330. The van der Waals surface area contributed by atoms with Crippen LogP contribution in [0.5, 0.6) is 0 Å². The van der Waals surface area contributed by atoms with Gasteiger partial charge in [-0.1, -0.05) is 6.07 Å². The van der Waals surface area contributed by atoms with Gasteiger partial charge in [0.2, 0.25) is 5.91 Å². The molecule has 0 spiro atoms. The Morgan fingerprint density at radius 2 is 2.12 bits per heavy atom. The van der Waals surface area contributed by atoms with Crippen molar-refractivity contribution in [2.45, 2.75) is 12.5 Å². The maximum atomic E-state index is 10.9. The summed E-state index contributed by atoms with van der Waals surface area (Å²) < 4.78 is 0. The number of carboxylic acids is 1. The van der Waals surface area contributed by atoms with Crippen LogP contribution in [-0.2, 0) is 4.79 Å². The highest BCUT2D eigenvalue weighted by Crippen LogP contribution is 2.10. The van der Waals surface area contributed by atoms with E-state index in [1.54, 1.807) is 18.2 Å². The zero-order valence-electron chi connectivity index (χ0n) is 9.09. The Bertz CT molecular complexity index is 420. The van der Waals surface area contributed by atoms with Crippen LogP contribution >= 0.6 is 0 Å². The molecule has 0 aromatic heterocycles. The molecule has 0 aliphatic heterocycles. The SMILES string of the molecule is NC(=O)c1cccc(NCC(O)CC(=O)O)c1. The average Bonchev–Trinajstić information content (AvgIpc) is 2.26. The van der Waals surface area contributed by atoms with Crippen LogP contribution in [0.2, 0.25) is 0 Å². The molecule has 1 unspecified atom stereocenters. The molecule has 0 aliphatic rings. The Morgan fingerprint density at radius 3 is 2.71 bits per heavy atom. The molecular weight excluding hydrogens is 224 g/mol. The van der Waals surface area contributed by atoms with E-state index in [-0.39, 0.29) is 13.0 Å². The van der Waals surface area contributed by atoms with Crippen LogP contribution < -0.4 is 11.1 Å². The summed E-state index contributed by atoms with van der Waals surface area (Å²) in [5.41, 5.74) is 6.06. The lowest BCUT2D eigenvalue weighted by molar-refractivity contribution is -0.138. The highest BCUT2D eigenvalue weighted by Gasteiger charge is 2.09. The van der Waals surface area contributed by atoms with Gasteiger partial charge in [0.25, 0.3) is 0 Å². The molecule has 1 rings (SSSR count). The molecule has 17 heavy (non-hydrogen) atoms. The molecule has 92 valence electrons. The second-order valence-electron chi connectivity index (χ2n) is 3.58. The Balaban J connectivity index is 2.54. The van der Waals surface area contributed by atoms with Gasteiger partial charge in [-0.15, -0.1) is 0 Å². The zero-order chi connectivity index (χ0) is 12.8. The number of rotatable bonds is 6. The molecule has 0 saturated heterocycles. The number of carboxylic acid groups (broad SMARTS) is 1. The minimum Gasteiger partial charge on any atom is -0.481 e. The first-order chi connectivity index (χ1) is 7.99. The summed E-state index contributed by atoms with van der Waals surface area (Å²) in [6.07, 6.45) is -1.31. The smallest absolute Gasteiger partial charge is 0.306 e. The Kier molecular flexibility index (Phi) is 4.47. The number of hydrogen-bond acceptors (Lipinski definition) is 4. The van der Waals surface area contributed by atoms with Crippen molar-refractivity contribution in [1.29, 1.82) is 0 Å². The molecule has 6 nitrogen and oxygen atoms in total. The number of primary amides is 1. The maximum absolute atomic E-state index is 10.9. The molecule has 0 bridgehead atoms. The van der Waals surface area contributed by atoms with Crippen LogP contribution in [0.3, 0.4) is 0 Å². The molecule has 0 heterocycles. The van der Waals surface area contributed by atoms with Crippen molar-refractivity contribution in [2.24, 2.45) is 5.73 Å². The minimum atomic E-state index is -1.06. The van der Waals surface area contributed by atoms with Gasteiger partial charge in [0.1, 0.15) is 0 Å². The first-order valence-electron chi connectivity index (χ1n) is 5.02. The molecule has 1 atom stereocenters. The molecule has 1 amide bonds. The fourth-order valence-electron chi connectivity index (χ4n) is 1.29. The maximum Gasteiger partial charge on any atom is 0.306 e. The van der Waals surface area contributed by atoms with Crippen molar-refractivity contribution in [3.8, 4) is 0 Å². The summed E-state index contributed by atoms with van der Waals surface area (Å²) in [4.78, 5) is 21.2. The first-order valence-corrected chi connectivity index (χ1v) is 5.02. The molecule has 1 aromatic carbocycles. The molecule has 0 fully saturated rings. The van der Waals surface area contributed by atoms with Crippen molar-refractivity contribution < 1.29 is 19.8 Å². The lowest BCUT2D eigenvalue weighted by Gasteiger charge is -2.11. The van der Waals surface area contributed by atoms with Crippen molar-refractivity contribution in [1.82, 2.24) is 0 Å². The summed E-state index contributed by atoms with van der Waals surface area (Å²) in [6.45, 7) is 0.0918. The number of anilines is 1.